The number of rotatable bonds is 6. The number of carbonyl (C=O) groups is 1. The number of aliphatic hydroxyl groups is 1. The fourth-order valence-electron chi connectivity index (χ4n) is 1.97. The van der Waals surface area contributed by atoms with E-state index in [1.165, 1.54) is 6.92 Å². The van der Waals surface area contributed by atoms with Crippen molar-refractivity contribution < 1.29 is 19.4 Å². The van der Waals surface area contributed by atoms with Gasteiger partial charge in [-0.15, -0.1) is 0 Å². The quantitative estimate of drug-likeness (QED) is 0.838. The van der Waals surface area contributed by atoms with Crippen LogP contribution in [-0.4, -0.2) is 36.4 Å². The molecule has 2 rings (SSSR count). The third-order valence-corrected chi connectivity index (χ3v) is 3.25. The van der Waals surface area contributed by atoms with Crippen LogP contribution in [0.3, 0.4) is 0 Å². The normalized spacial score (nSPS) is 15.6. The average Bonchev–Trinajstić information content (AvgIpc) is 2.45. The fourth-order valence-corrected chi connectivity index (χ4v) is 1.97. The smallest absolute Gasteiger partial charge is 0.216 e. The Morgan fingerprint density at radius 2 is 2.33 bits per heavy atom. The molecule has 0 fully saturated rings. The summed E-state index contributed by atoms with van der Waals surface area (Å²) in [5, 5.41) is 12.7. The molecule has 5 heteroatoms. The Morgan fingerprint density at radius 3 is 3.10 bits per heavy atom. The highest BCUT2D eigenvalue weighted by atomic mass is 16.5. The summed E-state index contributed by atoms with van der Waals surface area (Å²) in [6.45, 7) is 4.24. The lowest BCUT2D eigenvalue weighted by Crippen LogP contribution is -2.40. The maximum Gasteiger partial charge on any atom is 0.216 e. The van der Waals surface area contributed by atoms with Gasteiger partial charge in [-0.05, 0) is 25.1 Å². The second-order valence-corrected chi connectivity index (χ2v) is 5.42. The van der Waals surface area contributed by atoms with Crippen LogP contribution in [0, 0.1) is 0 Å². The molecule has 1 aromatic carbocycles. The lowest BCUT2D eigenvalue weighted by Gasteiger charge is -2.23. The summed E-state index contributed by atoms with van der Waals surface area (Å²) in [5.41, 5.74) is 0.0466. The number of fused-ring (bicyclic) bond motifs is 1. The van der Waals surface area contributed by atoms with E-state index in [2.05, 4.69) is 5.32 Å². The third-order valence-electron chi connectivity index (χ3n) is 3.25. The van der Waals surface area contributed by atoms with Crippen LogP contribution in [0.5, 0.6) is 11.5 Å². The molecular formula is C16H21NO4. The van der Waals surface area contributed by atoms with Crippen LogP contribution in [-0.2, 0) is 4.79 Å². The highest BCUT2D eigenvalue weighted by Crippen LogP contribution is 2.28. The summed E-state index contributed by atoms with van der Waals surface area (Å²) in [6.07, 6.45) is 4.40. The van der Waals surface area contributed by atoms with Gasteiger partial charge in [0.15, 0.2) is 0 Å². The zero-order valence-corrected chi connectivity index (χ0v) is 12.4. The van der Waals surface area contributed by atoms with Gasteiger partial charge in [0.1, 0.15) is 18.1 Å². The predicted molar refractivity (Wildman–Crippen MR) is 80.4 cm³/mol. The Balaban J connectivity index is 1.83. The van der Waals surface area contributed by atoms with Crippen LogP contribution in [0.25, 0.3) is 6.08 Å². The second kappa shape index (κ2) is 6.63. The Hall–Kier alpha value is -2.01. The lowest BCUT2D eigenvalue weighted by atomic mass is 10.0. The van der Waals surface area contributed by atoms with E-state index in [9.17, 15) is 9.90 Å². The number of ether oxygens (including phenoxy) is 2. The maximum atomic E-state index is 10.8. The van der Waals surface area contributed by atoms with Crippen molar-refractivity contribution in [2.24, 2.45) is 0 Å². The number of hydrogen-bond donors (Lipinski definition) is 2. The molecule has 1 aliphatic rings. The first kappa shape index (κ1) is 15.4. The van der Waals surface area contributed by atoms with Crippen molar-refractivity contribution in [3.63, 3.8) is 0 Å². The zero-order valence-electron chi connectivity index (χ0n) is 12.4. The molecular weight excluding hydrogens is 270 g/mol. The van der Waals surface area contributed by atoms with Crippen LogP contribution in [0.1, 0.15) is 25.8 Å². The Kier molecular flexibility index (Phi) is 4.85. The molecule has 1 unspecified atom stereocenters. The summed E-state index contributed by atoms with van der Waals surface area (Å²) < 4.78 is 11.2. The standard InChI is InChI=1S/C16H21NO4/c1-12(18)17-11-16(2,19)7-9-20-14-6-5-13-4-3-8-21-15(13)10-14/h3-6,10,19H,7-9,11H2,1-2H3,(H,17,18). The van der Waals surface area contributed by atoms with E-state index in [-0.39, 0.29) is 12.5 Å². The van der Waals surface area contributed by atoms with Crippen molar-refractivity contribution in [3.05, 3.63) is 29.8 Å². The van der Waals surface area contributed by atoms with Crippen LogP contribution in [0.15, 0.2) is 24.3 Å². The first-order valence-electron chi connectivity index (χ1n) is 6.99. The molecule has 0 aromatic heterocycles. The molecule has 1 aliphatic heterocycles. The summed E-state index contributed by atoms with van der Waals surface area (Å²) >= 11 is 0. The van der Waals surface area contributed by atoms with Gasteiger partial charge in [-0.25, -0.2) is 0 Å². The fraction of sp³-hybridized carbons (Fsp3) is 0.438. The van der Waals surface area contributed by atoms with Gasteiger partial charge in [0.05, 0.1) is 12.2 Å². The summed E-state index contributed by atoms with van der Waals surface area (Å²) in [4.78, 5) is 10.8. The largest absolute Gasteiger partial charge is 0.493 e. The van der Waals surface area contributed by atoms with Crippen LogP contribution >= 0.6 is 0 Å². The maximum absolute atomic E-state index is 10.8. The minimum Gasteiger partial charge on any atom is -0.493 e. The molecule has 0 radical (unpaired) electrons. The van der Waals surface area contributed by atoms with Crippen molar-refractivity contribution in [1.29, 1.82) is 0 Å². The molecule has 114 valence electrons. The Labute approximate surface area is 124 Å². The third kappa shape index (κ3) is 4.79. The second-order valence-electron chi connectivity index (χ2n) is 5.42. The van der Waals surface area contributed by atoms with Crippen molar-refractivity contribution in [2.45, 2.75) is 25.9 Å². The number of amides is 1. The van der Waals surface area contributed by atoms with E-state index < -0.39 is 5.60 Å². The molecule has 0 saturated heterocycles. The first-order chi connectivity index (χ1) is 9.96. The van der Waals surface area contributed by atoms with E-state index in [0.717, 1.165) is 11.3 Å². The van der Waals surface area contributed by atoms with Crippen molar-refractivity contribution in [3.8, 4) is 11.5 Å². The highest BCUT2D eigenvalue weighted by Gasteiger charge is 2.20. The van der Waals surface area contributed by atoms with E-state index in [1.807, 2.05) is 30.4 Å². The Bertz CT molecular complexity index is 537. The minimum atomic E-state index is -0.987. The molecule has 21 heavy (non-hydrogen) atoms. The van der Waals surface area contributed by atoms with Gasteiger partial charge in [-0.3, -0.25) is 4.79 Å². The van der Waals surface area contributed by atoms with Gasteiger partial charge in [-0.1, -0.05) is 6.08 Å². The van der Waals surface area contributed by atoms with Crippen molar-refractivity contribution in [1.82, 2.24) is 5.32 Å². The molecule has 0 aliphatic carbocycles. The summed E-state index contributed by atoms with van der Waals surface area (Å²) in [7, 11) is 0. The molecule has 1 heterocycles. The monoisotopic (exact) mass is 291 g/mol. The number of nitrogens with one attached hydrogen (secondary N) is 1. The van der Waals surface area contributed by atoms with Gasteiger partial charge < -0.3 is 19.9 Å². The summed E-state index contributed by atoms with van der Waals surface area (Å²) in [6, 6.07) is 5.66. The molecule has 5 nitrogen and oxygen atoms in total. The SMILES string of the molecule is CC(=O)NCC(C)(O)CCOc1ccc2c(c1)OCC=C2. The molecule has 2 N–H and O–H groups in total. The lowest BCUT2D eigenvalue weighted by molar-refractivity contribution is -0.120. The zero-order chi connectivity index (χ0) is 15.3. The van der Waals surface area contributed by atoms with Gasteiger partial charge in [0.2, 0.25) is 5.91 Å². The molecule has 0 spiro atoms. The average molecular weight is 291 g/mol. The van der Waals surface area contributed by atoms with E-state index in [4.69, 9.17) is 9.47 Å². The van der Waals surface area contributed by atoms with Crippen LogP contribution in [0.2, 0.25) is 0 Å². The van der Waals surface area contributed by atoms with Gasteiger partial charge in [0.25, 0.3) is 0 Å². The molecule has 1 atom stereocenters. The van der Waals surface area contributed by atoms with E-state index >= 15 is 0 Å². The highest BCUT2D eigenvalue weighted by molar-refractivity contribution is 5.72. The Morgan fingerprint density at radius 1 is 1.52 bits per heavy atom. The van der Waals surface area contributed by atoms with Crippen LogP contribution in [0.4, 0.5) is 0 Å². The van der Waals surface area contributed by atoms with Crippen molar-refractivity contribution >= 4 is 12.0 Å². The predicted octanol–water partition coefficient (Wildman–Crippen LogP) is 1.75. The first-order valence-corrected chi connectivity index (χ1v) is 6.99. The number of benzene rings is 1. The van der Waals surface area contributed by atoms with E-state index in [1.54, 1.807) is 6.92 Å². The van der Waals surface area contributed by atoms with Crippen LogP contribution < -0.4 is 14.8 Å². The molecule has 1 aromatic rings. The minimum absolute atomic E-state index is 0.156. The number of hydrogen-bond acceptors (Lipinski definition) is 4. The van der Waals surface area contributed by atoms with Gasteiger partial charge >= 0.3 is 0 Å². The topological polar surface area (TPSA) is 67.8 Å². The van der Waals surface area contributed by atoms with Gasteiger partial charge in [0, 0.05) is 31.5 Å². The molecule has 1 amide bonds. The van der Waals surface area contributed by atoms with Gasteiger partial charge in [-0.2, -0.15) is 0 Å². The number of carbonyl (C=O) groups excluding carboxylic acids is 1. The van der Waals surface area contributed by atoms with Crippen molar-refractivity contribution in [2.75, 3.05) is 19.8 Å². The summed E-state index contributed by atoms with van der Waals surface area (Å²) in [5.74, 6) is 1.36. The molecule has 0 bridgehead atoms. The van der Waals surface area contributed by atoms with E-state index in [0.29, 0.717) is 25.4 Å². The molecule has 0 saturated carbocycles.